The summed E-state index contributed by atoms with van der Waals surface area (Å²) in [6.45, 7) is 7.37. The van der Waals surface area contributed by atoms with Gasteiger partial charge in [0.15, 0.2) is 22.4 Å². The maximum atomic E-state index is 12.9. The van der Waals surface area contributed by atoms with Crippen LogP contribution in [0.1, 0.15) is 27.7 Å². The second-order valence-corrected chi connectivity index (χ2v) is 8.62. The minimum absolute atomic E-state index is 0.0383. The smallest absolute Gasteiger partial charge is 0.263 e. The normalized spacial score (nSPS) is 13.1. The van der Waals surface area contributed by atoms with E-state index in [2.05, 4.69) is 4.98 Å². The zero-order chi connectivity index (χ0) is 19.8. The molecule has 0 atom stereocenters. The van der Waals surface area contributed by atoms with Crippen molar-refractivity contribution in [3.63, 3.8) is 0 Å². The molecule has 1 aliphatic heterocycles. The third-order valence-electron chi connectivity index (χ3n) is 4.77. The zero-order valence-corrected chi connectivity index (χ0v) is 17.5. The second kappa shape index (κ2) is 7.60. The van der Waals surface area contributed by atoms with Crippen LogP contribution >= 0.6 is 23.1 Å². The molecule has 3 aromatic rings. The number of carbonyl (C=O) groups excluding carboxylic acids is 1. The Labute approximate surface area is 170 Å². The lowest BCUT2D eigenvalue weighted by Gasteiger charge is -2.18. The van der Waals surface area contributed by atoms with Crippen LogP contribution in [-0.2, 0) is 6.54 Å². The molecule has 0 amide bonds. The van der Waals surface area contributed by atoms with Gasteiger partial charge in [-0.1, -0.05) is 11.8 Å². The Morgan fingerprint density at radius 3 is 2.75 bits per heavy atom. The number of ether oxygens (including phenoxy) is 2. The number of aromatic nitrogens is 2. The highest BCUT2D eigenvalue weighted by Crippen LogP contribution is 2.32. The molecule has 146 valence electrons. The van der Waals surface area contributed by atoms with Crippen LogP contribution < -0.4 is 15.0 Å². The van der Waals surface area contributed by atoms with Crippen molar-refractivity contribution in [3.05, 3.63) is 44.6 Å². The molecule has 4 rings (SSSR count). The minimum atomic E-state index is -0.0440. The summed E-state index contributed by atoms with van der Waals surface area (Å²) in [4.78, 5) is 32.1. The highest BCUT2D eigenvalue weighted by atomic mass is 32.2. The van der Waals surface area contributed by atoms with Gasteiger partial charge in [0.05, 0.1) is 11.1 Å². The van der Waals surface area contributed by atoms with E-state index in [0.29, 0.717) is 47.4 Å². The number of ketones is 1. The van der Waals surface area contributed by atoms with Gasteiger partial charge in [-0.2, -0.15) is 0 Å². The highest BCUT2D eigenvalue weighted by Gasteiger charge is 2.19. The Morgan fingerprint density at radius 1 is 1.25 bits per heavy atom. The lowest BCUT2D eigenvalue weighted by Crippen LogP contribution is -2.22. The largest absolute Gasteiger partial charge is 0.486 e. The highest BCUT2D eigenvalue weighted by molar-refractivity contribution is 7.99. The average molecular weight is 417 g/mol. The van der Waals surface area contributed by atoms with Crippen LogP contribution in [0.25, 0.3) is 10.2 Å². The van der Waals surface area contributed by atoms with E-state index >= 15 is 0 Å². The first-order valence-corrected chi connectivity index (χ1v) is 10.9. The molecule has 0 saturated carbocycles. The molecule has 1 aromatic carbocycles. The van der Waals surface area contributed by atoms with Gasteiger partial charge in [-0.15, -0.1) is 11.3 Å². The van der Waals surface area contributed by atoms with E-state index in [4.69, 9.17) is 9.47 Å². The molecular weight excluding hydrogens is 396 g/mol. The lowest BCUT2D eigenvalue weighted by molar-refractivity contribution is 0.102. The predicted octanol–water partition coefficient (Wildman–Crippen LogP) is 3.84. The molecule has 3 heterocycles. The van der Waals surface area contributed by atoms with Crippen LogP contribution in [0.5, 0.6) is 11.5 Å². The van der Waals surface area contributed by atoms with Crippen molar-refractivity contribution in [2.24, 2.45) is 0 Å². The van der Waals surface area contributed by atoms with E-state index in [9.17, 15) is 9.59 Å². The van der Waals surface area contributed by atoms with Crippen LogP contribution in [0.2, 0.25) is 0 Å². The fourth-order valence-corrected chi connectivity index (χ4v) is 5.16. The Kier molecular flexibility index (Phi) is 5.16. The number of nitrogens with zero attached hydrogens (tertiary/aromatic N) is 2. The molecule has 6 nitrogen and oxygen atoms in total. The molecule has 0 spiro atoms. The summed E-state index contributed by atoms with van der Waals surface area (Å²) in [7, 11) is 0. The van der Waals surface area contributed by atoms with Crippen LogP contribution in [0.3, 0.4) is 0 Å². The lowest BCUT2D eigenvalue weighted by atomic mass is 10.1. The van der Waals surface area contributed by atoms with E-state index in [1.807, 2.05) is 20.8 Å². The van der Waals surface area contributed by atoms with Crippen molar-refractivity contribution in [3.8, 4) is 11.5 Å². The Balaban J connectivity index is 1.60. The molecule has 8 heteroatoms. The summed E-state index contributed by atoms with van der Waals surface area (Å²) in [6.07, 6.45) is 0. The molecule has 2 aromatic heterocycles. The monoisotopic (exact) mass is 416 g/mol. The van der Waals surface area contributed by atoms with E-state index < -0.39 is 0 Å². The van der Waals surface area contributed by atoms with Crippen molar-refractivity contribution in [1.29, 1.82) is 0 Å². The SMILES string of the molecule is CCn1c(SCC(=O)c2ccc3c(c2)OCCO3)nc2sc(C)c(C)c2c1=O. The van der Waals surface area contributed by atoms with Gasteiger partial charge in [-0.3, -0.25) is 14.2 Å². The molecule has 0 saturated heterocycles. The topological polar surface area (TPSA) is 70.4 Å². The number of fused-ring (bicyclic) bond motifs is 2. The molecule has 28 heavy (non-hydrogen) atoms. The van der Waals surface area contributed by atoms with Crippen LogP contribution in [0.15, 0.2) is 28.2 Å². The summed E-state index contributed by atoms with van der Waals surface area (Å²) < 4.78 is 12.7. The summed E-state index contributed by atoms with van der Waals surface area (Å²) in [5.74, 6) is 1.40. The van der Waals surface area contributed by atoms with Crippen LogP contribution in [0, 0.1) is 13.8 Å². The van der Waals surface area contributed by atoms with E-state index in [0.717, 1.165) is 15.3 Å². The van der Waals surface area contributed by atoms with Gasteiger partial charge in [0, 0.05) is 17.0 Å². The number of rotatable bonds is 5. The van der Waals surface area contributed by atoms with E-state index in [1.165, 1.54) is 23.1 Å². The zero-order valence-electron chi connectivity index (χ0n) is 15.9. The number of aryl methyl sites for hydroxylation is 2. The van der Waals surface area contributed by atoms with Crippen LogP contribution in [0.4, 0.5) is 0 Å². The van der Waals surface area contributed by atoms with Crippen molar-refractivity contribution in [1.82, 2.24) is 9.55 Å². The number of hydrogen-bond acceptors (Lipinski definition) is 7. The molecule has 0 bridgehead atoms. The Hall–Kier alpha value is -2.32. The number of Topliss-reactive ketones (excluding diaryl/α,β-unsaturated/α-hetero) is 1. The first kappa shape index (κ1) is 19.0. The van der Waals surface area contributed by atoms with Crippen molar-refractivity contribution in [2.75, 3.05) is 19.0 Å². The minimum Gasteiger partial charge on any atom is -0.486 e. The number of benzene rings is 1. The Morgan fingerprint density at radius 2 is 2.00 bits per heavy atom. The second-order valence-electron chi connectivity index (χ2n) is 6.48. The van der Waals surface area contributed by atoms with E-state index in [-0.39, 0.29) is 17.1 Å². The third-order valence-corrected chi connectivity index (χ3v) is 6.84. The Bertz CT molecular complexity index is 1130. The van der Waals surface area contributed by atoms with Gasteiger partial charge in [0.1, 0.15) is 18.0 Å². The first-order valence-electron chi connectivity index (χ1n) is 9.05. The molecule has 0 aliphatic carbocycles. The molecule has 0 fully saturated rings. The quantitative estimate of drug-likeness (QED) is 0.358. The van der Waals surface area contributed by atoms with Crippen molar-refractivity contribution < 1.29 is 14.3 Å². The third kappa shape index (κ3) is 3.31. The fraction of sp³-hybridized carbons (Fsp3) is 0.350. The average Bonchev–Trinajstić information content (AvgIpc) is 2.99. The van der Waals surface area contributed by atoms with Gasteiger partial charge in [-0.05, 0) is 44.5 Å². The number of carbonyl (C=O) groups is 1. The summed E-state index contributed by atoms with van der Waals surface area (Å²) >= 11 is 2.81. The predicted molar refractivity (Wildman–Crippen MR) is 112 cm³/mol. The molecule has 0 radical (unpaired) electrons. The summed E-state index contributed by atoms with van der Waals surface area (Å²) in [5.41, 5.74) is 1.51. The first-order chi connectivity index (χ1) is 13.5. The van der Waals surface area contributed by atoms with E-state index in [1.54, 1.807) is 22.8 Å². The molecular formula is C20H20N2O4S2. The van der Waals surface area contributed by atoms with Gasteiger partial charge in [0.25, 0.3) is 5.56 Å². The van der Waals surface area contributed by atoms with Gasteiger partial charge < -0.3 is 9.47 Å². The van der Waals surface area contributed by atoms with Crippen molar-refractivity contribution >= 4 is 39.1 Å². The summed E-state index contributed by atoms with van der Waals surface area (Å²) in [5, 5.41) is 1.26. The van der Waals surface area contributed by atoms with Crippen molar-refractivity contribution in [2.45, 2.75) is 32.5 Å². The maximum Gasteiger partial charge on any atom is 0.263 e. The molecule has 0 unspecified atom stereocenters. The molecule has 1 aliphatic rings. The molecule has 0 N–H and O–H groups in total. The standard InChI is InChI=1S/C20H20N2O4S2/c1-4-22-19(24)17-11(2)12(3)28-18(17)21-20(22)27-10-14(23)13-5-6-15-16(9-13)26-8-7-25-15/h5-6,9H,4,7-8,10H2,1-3H3. The number of hydrogen-bond donors (Lipinski definition) is 0. The van der Waals surface area contributed by atoms with Crippen LogP contribution in [-0.4, -0.2) is 34.3 Å². The number of thioether (sulfide) groups is 1. The number of thiophene rings is 1. The fourth-order valence-electron chi connectivity index (χ4n) is 3.13. The summed E-state index contributed by atoms with van der Waals surface area (Å²) in [6, 6.07) is 5.22. The van der Waals surface area contributed by atoms with Gasteiger partial charge in [0.2, 0.25) is 0 Å². The van der Waals surface area contributed by atoms with Gasteiger partial charge >= 0.3 is 0 Å². The van der Waals surface area contributed by atoms with Gasteiger partial charge in [-0.25, -0.2) is 4.98 Å². The maximum absolute atomic E-state index is 12.9.